The number of hydrogen-bond acceptors (Lipinski definition) is 5. The standard InChI is InChI=1S/C16H22N6/c1-10-18-15-8-17-6-5-13(15)16(19-10)22(2)9-12-7-14(21-20-12)11-3-4-11/h7,11,17H,3-6,8-9H2,1-2H3,(H,20,21). The van der Waals surface area contributed by atoms with Gasteiger partial charge in [-0.1, -0.05) is 0 Å². The first-order valence-corrected chi connectivity index (χ1v) is 8.03. The van der Waals surface area contributed by atoms with Gasteiger partial charge in [-0.15, -0.1) is 0 Å². The summed E-state index contributed by atoms with van der Waals surface area (Å²) in [4.78, 5) is 11.5. The van der Waals surface area contributed by atoms with Crippen molar-refractivity contribution < 1.29 is 0 Å². The van der Waals surface area contributed by atoms with Gasteiger partial charge in [0.1, 0.15) is 11.6 Å². The first-order chi connectivity index (χ1) is 10.7. The summed E-state index contributed by atoms with van der Waals surface area (Å²) in [7, 11) is 2.10. The number of fused-ring (bicyclic) bond motifs is 1. The molecule has 116 valence electrons. The number of anilines is 1. The Bertz CT molecular complexity index is 688. The van der Waals surface area contributed by atoms with E-state index in [0.717, 1.165) is 49.1 Å². The average molecular weight is 298 g/mol. The van der Waals surface area contributed by atoms with Crippen LogP contribution in [0.5, 0.6) is 0 Å². The summed E-state index contributed by atoms with van der Waals surface area (Å²) in [6, 6.07) is 2.20. The molecule has 0 aromatic carbocycles. The van der Waals surface area contributed by atoms with Crippen molar-refractivity contribution >= 4 is 5.82 Å². The Morgan fingerprint density at radius 2 is 2.18 bits per heavy atom. The molecule has 22 heavy (non-hydrogen) atoms. The van der Waals surface area contributed by atoms with E-state index >= 15 is 0 Å². The third-order valence-electron chi connectivity index (χ3n) is 4.44. The SMILES string of the molecule is Cc1nc2c(c(N(C)Cc3cc(C4CC4)n[nH]3)n1)CCNC2. The highest BCUT2D eigenvalue weighted by atomic mass is 15.2. The number of nitrogens with zero attached hydrogens (tertiary/aromatic N) is 4. The summed E-state index contributed by atoms with van der Waals surface area (Å²) in [6.45, 7) is 4.61. The first kappa shape index (κ1) is 13.7. The summed E-state index contributed by atoms with van der Waals surface area (Å²) in [6.07, 6.45) is 3.56. The Morgan fingerprint density at radius 1 is 1.32 bits per heavy atom. The van der Waals surface area contributed by atoms with Gasteiger partial charge in [-0.2, -0.15) is 5.10 Å². The zero-order valence-electron chi connectivity index (χ0n) is 13.2. The van der Waals surface area contributed by atoms with E-state index in [1.54, 1.807) is 0 Å². The summed E-state index contributed by atoms with van der Waals surface area (Å²) >= 11 is 0. The molecule has 1 saturated carbocycles. The lowest BCUT2D eigenvalue weighted by Gasteiger charge is -2.25. The molecule has 1 fully saturated rings. The summed E-state index contributed by atoms with van der Waals surface area (Å²) < 4.78 is 0. The van der Waals surface area contributed by atoms with Gasteiger partial charge in [0, 0.05) is 25.1 Å². The molecule has 6 heteroatoms. The van der Waals surface area contributed by atoms with E-state index in [0.29, 0.717) is 5.92 Å². The molecular weight excluding hydrogens is 276 g/mol. The largest absolute Gasteiger partial charge is 0.353 e. The minimum atomic E-state index is 0.690. The van der Waals surface area contributed by atoms with Crippen molar-refractivity contribution in [2.75, 3.05) is 18.5 Å². The second kappa shape index (κ2) is 5.35. The minimum absolute atomic E-state index is 0.690. The molecule has 0 spiro atoms. The maximum absolute atomic E-state index is 4.69. The van der Waals surface area contributed by atoms with Crippen molar-refractivity contribution in [1.82, 2.24) is 25.5 Å². The van der Waals surface area contributed by atoms with Gasteiger partial charge in [-0.3, -0.25) is 5.10 Å². The van der Waals surface area contributed by atoms with Gasteiger partial charge in [0.15, 0.2) is 0 Å². The molecular formula is C16H22N6. The second-order valence-corrected chi connectivity index (χ2v) is 6.39. The van der Waals surface area contributed by atoms with Crippen LogP contribution in [0.3, 0.4) is 0 Å². The van der Waals surface area contributed by atoms with Gasteiger partial charge in [0.2, 0.25) is 0 Å². The Kier molecular flexibility index (Phi) is 3.33. The topological polar surface area (TPSA) is 69.7 Å². The number of hydrogen-bond donors (Lipinski definition) is 2. The predicted molar refractivity (Wildman–Crippen MR) is 84.8 cm³/mol. The molecule has 0 atom stereocenters. The van der Waals surface area contributed by atoms with Crippen LogP contribution >= 0.6 is 0 Å². The van der Waals surface area contributed by atoms with Crippen LogP contribution in [0.1, 0.15) is 47.2 Å². The van der Waals surface area contributed by atoms with E-state index in [-0.39, 0.29) is 0 Å². The van der Waals surface area contributed by atoms with Crippen LogP contribution in [0.25, 0.3) is 0 Å². The number of aromatic nitrogens is 4. The van der Waals surface area contributed by atoms with Crippen molar-refractivity contribution in [2.45, 2.75) is 45.2 Å². The van der Waals surface area contributed by atoms with Crippen LogP contribution in [0.15, 0.2) is 6.07 Å². The zero-order valence-corrected chi connectivity index (χ0v) is 13.2. The monoisotopic (exact) mass is 298 g/mol. The number of nitrogens with one attached hydrogen (secondary N) is 2. The van der Waals surface area contributed by atoms with E-state index in [9.17, 15) is 0 Å². The Hall–Kier alpha value is -1.95. The lowest BCUT2D eigenvalue weighted by molar-refractivity contribution is 0.617. The number of aryl methyl sites for hydroxylation is 1. The molecule has 0 bridgehead atoms. The van der Waals surface area contributed by atoms with Crippen molar-refractivity contribution in [3.8, 4) is 0 Å². The molecule has 2 aromatic heterocycles. The highest BCUT2D eigenvalue weighted by molar-refractivity contribution is 5.50. The van der Waals surface area contributed by atoms with E-state index in [1.807, 2.05) is 6.92 Å². The van der Waals surface area contributed by atoms with E-state index in [2.05, 4.69) is 43.5 Å². The van der Waals surface area contributed by atoms with Gasteiger partial charge >= 0.3 is 0 Å². The lowest BCUT2D eigenvalue weighted by atomic mass is 10.1. The third-order valence-corrected chi connectivity index (χ3v) is 4.44. The summed E-state index contributed by atoms with van der Waals surface area (Å²) in [5.74, 6) is 2.59. The fraction of sp³-hybridized carbons (Fsp3) is 0.562. The molecule has 2 aliphatic rings. The summed E-state index contributed by atoms with van der Waals surface area (Å²) in [5, 5.41) is 11.0. The van der Waals surface area contributed by atoms with Gasteiger partial charge < -0.3 is 10.2 Å². The normalized spacial score (nSPS) is 17.4. The van der Waals surface area contributed by atoms with Crippen LogP contribution in [0, 0.1) is 6.92 Å². The van der Waals surface area contributed by atoms with Crippen molar-refractivity contribution in [1.29, 1.82) is 0 Å². The first-order valence-electron chi connectivity index (χ1n) is 8.03. The van der Waals surface area contributed by atoms with E-state index < -0.39 is 0 Å². The Labute approximate surface area is 130 Å². The molecule has 3 heterocycles. The quantitative estimate of drug-likeness (QED) is 0.898. The summed E-state index contributed by atoms with van der Waals surface area (Å²) in [5.41, 5.74) is 4.80. The zero-order chi connectivity index (χ0) is 15.1. The van der Waals surface area contributed by atoms with Gasteiger partial charge in [0.25, 0.3) is 0 Å². The molecule has 1 aliphatic carbocycles. The lowest BCUT2D eigenvalue weighted by Crippen LogP contribution is -2.29. The maximum Gasteiger partial charge on any atom is 0.135 e. The molecule has 0 amide bonds. The molecule has 2 aromatic rings. The molecule has 6 nitrogen and oxygen atoms in total. The van der Waals surface area contributed by atoms with Gasteiger partial charge in [-0.25, -0.2) is 9.97 Å². The Balaban J connectivity index is 1.58. The van der Waals surface area contributed by atoms with Crippen molar-refractivity contribution in [3.63, 3.8) is 0 Å². The molecule has 0 unspecified atom stereocenters. The minimum Gasteiger partial charge on any atom is -0.353 e. The second-order valence-electron chi connectivity index (χ2n) is 6.39. The van der Waals surface area contributed by atoms with Crippen molar-refractivity contribution in [3.05, 3.63) is 34.5 Å². The average Bonchev–Trinajstić information content (AvgIpc) is 3.26. The van der Waals surface area contributed by atoms with Gasteiger partial charge in [-0.05, 0) is 38.8 Å². The molecule has 2 N–H and O–H groups in total. The fourth-order valence-electron chi connectivity index (χ4n) is 3.15. The number of H-pyrrole nitrogens is 1. The third kappa shape index (κ3) is 2.59. The van der Waals surface area contributed by atoms with E-state index in [1.165, 1.54) is 24.1 Å². The highest BCUT2D eigenvalue weighted by Gasteiger charge is 2.26. The Morgan fingerprint density at radius 3 is 3.00 bits per heavy atom. The molecule has 1 aliphatic heterocycles. The fourth-order valence-corrected chi connectivity index (χ4v) is 3.15. The van der Waals surface area contributed by atoms with Crippen LogP contribution in [0.2, 0.25) is 0 Å². The number of aromatic amines is 1. The van der Waals surface area contributed by atoms with Crippen LogP contribution in [0.4, 0.5) is 5.82 Å². The molecule has 0 radical (unpaired) electrons. The number of rotatable bonds is 4. The molecule has 4 rings (SSSR count). The van der Waals surface area contributed by atoms with Crippen LogP contribution in [-0.2, 0) is 19.5 Å². The van der Waals surface area contributed by atoms with Crippen molar-refractivity contribution in [2.24, 2.45) is 0 Å². The maximum atomic E-state index is 4.69. The van der Waals surface area contributed by atoms with E-state index in [4.69, 9.17) is 0 Å². The predicted octanol–water partition coefficient (Wildman–Crippen LogP) is 1.67. The van der Waals surface area contributed by atoms with Gasteiger partial charge in [0.05, 0.1) is 23.6 Å². The van der Waals surface area contributed by atoms with Crippen LogP contribution < -0.4 is 10.2 Å². The smallest absolute Gasteiger partial charge is 0.135 e. The molecule has 0 saturated heterocycles. The van der Waals surface area contributed by atoms with Crippen LogP contribution in [-0.4, -0.2) is 33.8 Å². The highest BCUT2D eigenvalue weighted by Crippen LogP contribution is 2.39.